The zero-order valence-corrected chi connectivity index (χ0v) is 8.03. The highest BCUT2D eigenvalue weighted by Gasteiger charge is 2.04. The van der Waals surface area contributed by atoms with Crippen LogP contribution in [0.4, 0.5) is 0 Å². The van der Waals surface area contributed by atoms with E-state index in [2.05, 4.69) is 24.5 Å². The Kier molecular flexibility index (Phi) is 3.00. The average molecular weight is 169 g/mol. The van der Waals surface area contributed by atoms with Crippen LogP contribution >= 0.6 is 11.8 Å². The molecule has 0 fully saturated rings. The van der Waals surface area contributed by atoms with Crippen molar-refractivity contribution in [2.45, 2.75) is 31.8 Å². The van der Waals surface area contributed by atoms with Crippen molar-refractivity contribution < 1.29 is 0 Å². The summed E-state index contributed by atoms with van der Waals surface area (Å²) in [6, 6.07) is 0. The molecule has 3 heteroatoms. The standard InChI is InChI=1S/C8H13N2S/c1-4-5-10-8(11-3)7(2)6-9-10/h4-5H2,1-3H3. The number of hydrogen-bond acceptors (Lipinski definition) is 2. The Morgan fingerprint density at radius 1 is 1.64 bits per heavy atom. The van der Waals surface area contributed by atoms with E-state index in [9.17, 15) is 0 Å². The molecule has 1 aromatic heterocycles. The number of aromatic nitrogens is 2. The topological polar surface area (TPSA) is 17.8 Å². The first-order valence-electron chi connectivity index (χ1n) is 3.78. The molecule has 0 bridgehead atoms. The molecule has 61 valence electrons. The van der Waals surface area contributed by atoms with Crippen LogP contribution in [0.2, 0.25) is 0 Å². The zero-order chi connectivity index (χ0) is 8.27. The second kappa shape index (κ2) is 3.81. The first-order valence-corrected chi connectivity index (χ1v) is 5.01. The third-order valence-electron chi connectivity index (χ3n) is 1.52. The van der Waals surface area contributed by atoms with E-state index in [0.29, 0.717) is 0 Å². The zero-order valence-electron chi connectivity index (χ0n) is 7.22. The van der Waals surface area contributed by atoms with Gasteiger partial charge in [0.05, 0.1) is 5.03 Å². The Balaban J connectivity index is 2.86. The van der Waals surface area contributed by atoms with Crippen molar-refractivity contribution in [1.82, 2.24) is 9.78 Å². The third kappa shape index (κ3) is 1.77. The summed E-state index contributed by atoms with van der Waals surface area (Å²) in [7, 11) is 0. The van der Waals surface area contributed by atoms with Gasteiger partial charge in [0.25, 0.3) is 0 Å². The minimum absolute atomic E-state index is 1.00. The molecule has 0 aliphatic heterocycles. The summed E-state index contributed by atoms with van der Waals surface area (Å²) in [5.74, 6) is 0. The Hall–Kier alpha value is -0.440. The number of thioether (sulfide) groups is 1. The molecule has 0 spiro atoms. The first-order chi connectivity index (χ1) is 5.29. The minimum Gasteiger partial charge on any atom is -0.258 e. The highest BCUT2D eigenvalue weighted by molar-refractivity contribution is 7.98. The SMILES string of the molecule is CCCn1n[c]c(C)c1SC. The van der Waals surface area contributed by atoms with Gasteiger partial charge in [0.15, 0.2) is 0 Å². The van der Waals surface area contributed by atoms with Crippen molar-refractivity contribution in [1.29, 1.82) is 0 Å². The summed E-state index contributed by atoms with van der Waals surface area (Å²) in [6.07, 6.45) is 6.17. The van der Waals surface area contributed by atoms with Gasteiger partial charge in [0, 0.05) is 12.1 Å². The molecule has 0 aliphatic carbocycles. The van der Waals surface area contributed by atoms with E-state index in [1.54, 1.807) is 11.8 Å². The minimum atomic E-state index is 1.00. The highest BCUT2D eigenvalue weighted by Crippen LogP contribution is 2.18. The quantitative estimate of drug-likeness (QED) is 0.645. The van der Waals surface area contributed by atoms with E-state index in [0.717, 1.165) is 18.5 Å². The van der Waals surface area contributed by atoms with E-state index >= 15 is 0 Å². The van der Waals surface area contributed by atoms with Crippen molar-refractivity contribution in [2.75, 3.05) is 6.26 Å². The Morgan fingerprint density at radius 2 is 2.36 bits per heavy atom. The lowest BCUT2D eigenvalue weighted by molar-refractivity contribution is 0.557. The number of aryl methyl sites for hydroxylation is 2. The van der Waals surface area contributed by atoms with Crippen LogP contribution in [0.3, 0.4) is 0 Å². The molecule has 1 rings (SSSR count). The molecule has 0 atom stereocenters. The monoisotopic (exact) mass is 169 g/mol. The molecule has 1 heterocycles. The van der Waals surface area contributed by atoms with E-state index in [4.69, 9.17) is 0 Å². The van der Waals surface area contributed by atoms with Gasteiger partial charge in [-0.25, -0.2) is 0 Å². The van der Waals surface area contributed by atoms with E-state index in [1.165, 1.54) is 5.03 Å². The number of hydrogen-bond donors (Lipinski definition) is 0. The van der Waals surface area contributed by atoms with Gasteiger partial charge in [0.1, 0.15) is 6.20 Å². The predicted octanol–water partition coefficient (Wildman–Crippen LogP) is 2.12. The van der Waals surface area contributed by atoms with Crippen LogP contribution in [0, 0.1) is 13.1 Å². The smallest absolute Gasteiger partial charge is 0.117 e. The van der Waals surface area contributed by atoms with Crippen molar-refractivity contribution in [2.24, 2.45) is 0 Å². The van der Waals surface area contributed by atoms with Crippen LogP contribution in [0.15, 0.2) is 5.03 Å². The second-order valence-electron chi connectivity index (χ2n) is 2.47. The van der Waals surface area contributed by atoms with Crippen molar-refractivity contribution in [3.05, 3.63) is 11.8 Å². The van der Waals surface area contributed by atoms with Gasteiger partial charge >= 0.3 is 0 Å². The van der Waals surface area contributed by atoms with Gasteiger partial charge in [-0.1, -0.05) is 6.92 Å². The largest absolute Gasteiger partial charge is 0.258 e. The molecule has 1 radical (unpaired) electrons. The lowest BCUT2D eigenvalue weighted by atomic mass is 10.4. The Morgan fingerprint density at radius 3 is 2.91 bits per heavy atom. The maximum Gasteiger partial charge on any atom is 0.117 e. The van der Waals surface area contributed by atoms with Crippen LogP contribution in [-0.2, 0) is 6.54 Å². The molecular weight excluding hydrogens is 156 g/mol. The van der Waals surface area contributed by atoms with Gasteiger partial charge in [-0.15, -0.1) is 11.8 Å². The molecule has 2 nitrogen and oxygen atoms in total. The lowest BCUT2D eigenvalue weighted by Gasteiger charge is -2.02. The maximum atomic E-state index is 4.15. The van der Waals surface area contributed by atoms with Crippen LogP contribution in [0.1, 0.15) is 18.9 Å². The molecule has 0 unspecified atom stereocenters. The molecule has 0 aromatic carbocycles. The van der Waals surface area contributed by atoms with E-state index in [-0.39, 0.29) is 0 Å². The number of nitrogens with zero attached hydrogens (tertiary/aromatic N) is 2. The summed E-state index contributed by atoms with van der Waals surface area (Å²) in [5.41, 5.74) is 1.16. The highest BCUT2D eigenvalue weighted by atomic mass is 32.2. The Bertz CT molecular complexity index is 230. The predicted molar refractivity (Wildman–Crippen MR) is 47.9 cm³/mol. The van der Waals surface area contributed by atoms with E-state index in [1.807, 2.05) is 11.6 Å². The van der Waals surface area contributed by atoms with Crippen molar-refractivity contribution in [3.8, 4) is 0 Å². The van der Waals surface area contributed by atoms with Crippen LogP contribution in [0.5, 0.6) is 0 Å². The fraction of sp³-hybridized carbons (Fsp3) is 0.625. The number of rotatable bonds is 3. The Labute approximate surface area is 72.0 Å². The molecule has 1 aromatic rings. The maximum absolute atomic E-state index is 4.15. The van der Waals surface area contributed by atoms with Crippen molar-refractivity contribution in [3.63, 3.8) is 0 Å². The van der Waals surface area contributed by atoms with Crippen LogP contribution in [-0.4, -0.2) is 16.0 Å². The summed E-state index contributed by atoms with van der Waals surface area (Å²) in [6.45, 7) is 5.20. The van der Waals surface area contributed by atoms with Gasteiger partial charge < -0.3 is 0 Å². The molecule has 0 amide bonds. The van der Waals surface area contributed by atoms with Crippen molar-refractivity contribution >= 4 is 11.8 Å². The van der Waals surface area contributed by atoms with Gasteiger partial charge in [0.2, 0.25) is 0 Å². The lowest BCUT2D eigenvalue weighted by Crippen LogP contribution is -1.99. The molecular formula is C8H13N2S. The van der Waals surface area contributed by atoms with Gasteiger partial charge in [-0.2, -0.15) is 5.10 Å². The van der Waals surface area contributed by atoms with Crippen LogP contribution < -0.4 is 0 Å². The summed E-state index contributed by atoms with van der Waals surface area (Å²) < 4.78 is 2.01. The fourth-order valence-electron chi connectivity index (χ4n) is 1.04. The normalized spacial score (nSPS) is 10.5. The summed E-state index contributed by atoms with van der Waals surface area (Å²) in [5, 5.41) is 5.39. The van der Waals surface area contributed by atoms with Gasteiger partial charge in [-0.05, 0) is 19.6 Å². The van der Waals surface area contributed by atoms with E-state index < -0.39 is 0 Å². The summed E-state index contributed by atoms with van der Waals surface area (Å²) in [4.78, 5) is 0. The summed E-state index contributed by atoms with van der Waals surface area (Å²) >= 11 is 1.74. The molecule has 0 aliphatic rings. The third-order valence-corrected chi connectivity index (χ3v) is 2.43. The average Bonchev–Trinajstić information content (AvgIpc) is 2.33. The molecule has 0 N–H and O–H groups in total. The molecule has 0 saturated carbocycles. The molecule has 11 heavy (non-hydrogen) atoms. The fourth-order valence-corrected chi connectivity index (χ4v) is 1.74. The second-order valence-corrected chi connectivity index (χ2v) is 3.26. The van der Waals surface area contributed by atoms with Crippen LogP contribution in [0.25, 0.3) is 0 Å². The molecule has 0 saturated heterocycles. The van der Waals surface area contributed by atoms with Gasteiger partial charge in [-0.3, -0.25) is 4.68 Å². The first kappa shape index (κ1) is 8.65.